The molecule has 4 heteroatoms. The van der Waals surface area contributed by atoms with Crippen LogP contribution in [0.15, 0.2) is 24.5 Å². The van der Waals surface area contributed by atoms with Gasteiger partial charge in [-0.05, 0) is 30.0 Å². The van der Waals surface area contributed by atoms with Gasteiger partial charge in [-0.1, -0.05) is 13.8 Å². The Morgan fingerprint density at radius 1 is 1.44 bits per heavy atom. The van der Waals surface area contributed by atoms with Crippen LogP contribution in [0, 0.1) is 0 Å². The molecular weight excluding hydrogens is 242 g/mol. The summed E-state index contributed by atoms with van der Waals surface area (Å²) in [6.07, 6.45) is 4.10. The van der Waals surface area contributed by atoms with Gasteiger partial charge >= 0.3 is 0 Å². The predicted molar refractivity (Wildman–Crippen MR) is 80.1 cm³/mol. The highest BCUT2D eigenvalue weighted by Gasteiger charge is 2.08. The van der Waals surface area contributed by atoms with Crippen molar-refractivity contribution in [3.8, 4) is 0 Å². The minimum atomic E-state index is 0.691. The highest BCUT2D eigenvalue weighted by molar-refractivity contribution is 7.99. The Morgan fingerprint density at radius 2 is 2.28 bits per heavy atom. The lowest BCUT2D eigenvalue weighted by molar-refractivity contribution is 0.774. The van der Waals surface area contributed by atoms with Crippen LogP contribution in [0.25, 0.3) is 11.0 Å². The molecule has 0 radical (unpaired) electrons. The summed E-state index contributed by atoms with van der Waals surface area (Å²) in [5.41, 5.74) is 2.43. The van der Waals surface area contributed by atoms with E-state index in [0.29, 0.717) is 5.25 Å². The van der Waals surface area contributed by atoms with E-state index in [1.54, 1.807) is 0 Å². The van der Waals surface area contributed by atoms with Crippen LogP contribution in [0.2, 0.25) is 0 Å². The molecule has 0 unspecified atom stereocenters. The van der Waals surface area contributed by atoms with E-state index in [9.17, 15) is 0 Å². The monoisotopic (exact) mass is 263 g/mol. The third-order valence-corrected chi connectivity index (χ3v) is 3.95. The number of nitrogens with zero attached hydrogens (tertiary/aromatic N) is 2. The number of pyridine rings is 1. The molecule has 18 heavy (non-hydrogen) atoms. The number of hydrogen-bond acceptors (Lipinski definition) is 3. The van der Waals surface area contributed by atoms with Crippen molar-refractivity contribution in [2.24, 2.45) is 0 Å². The highest BCUT2D eigenvalue weighted by atomic mass is 32.2. The van der Waals surface area contributed by atoms with Crippen molar-refractivity contribution in [3.05, 3.63) is 30.1 Å². The number of nitrogens with one attached hydrogen (secondary N) is 1. The van der Waals surface area contributed by atoms with E-state index in [1.165, 1.54) is 10.9 Å². The minimum Gasteiger partial charge on any atom is -0.331 e. The second-order valence-electron chi connectivity index (χ2n) is 4.67. The number of aryl methyl sites for hydroxylation is 1. The van der Waals surface area contributed by atoms with Crippen LogP contribution in [0.5, 0.6) is 0 Å². The molecular formula is C14H21N3S. The van der Waals surface area contributed by atoms with Crippen molar-refractivity contribution in [3.63, 3.8) is 0 Å². The Kier molecular flexibility index (Phi) is 4.66. The standard InChI is InChI=1S/C14H21N3S/c1-11(2)18-8-7-17-10-12(9-15-3)13-5-4-6-16-14(13)17/h4-6,10-11,15H,7-9H2,1-3H3. The third-order valence-electron chi connectivity index (χ3n) is 2.87. The molecule has 3 nitrogen and oxygen atoms in total. The predicted octanol–water partition coefficient (Wildman–Crippen LogP) is 2.90. The number of aromatic nitrogens is 2. The van der Waals surface area contributed by atoms with E-state index in [0.717, 1.165) is 24.5 Å². The van der Waals surface area contributed by atoms with Crippen LogP contribution in [0.3, 0.4) is 0 Å². The first-order valence-electron chi connectivity index (χ1n) is 6.41. The summed E-state index contributed by atoms with van der Waals surface area (Å²) in [6.45, 7) is 6.40. The molecule has 2 aromatic heterocycles. The first-order chi connectivity index (χ1) is 8.72. The Hall–Kier alpha value is -1.00. The summed E-state index contributed by atoms with van der Waals surface area (Å²) in [6, 6.07) is 4.16. The molecule has 1 N–H and O–H groups in total. The van der Waals surface area contributed by atoms with Gasteiger partial charge in [-0.25, -0.2) is 4.98 Å². The first kappa shape index (κ1) is 13.4. The first-order valence-corrected chi connectivity index (χ1v) is 7.46. The molecule has 0 saturated carbocycles. The van der Waals surface area contributed by atoms with E-state index < -0.39 is 0 Å². The molecule has 0 amide bonds. The van der Waals surface area contributed by atoms with Crippen molar-refractivity contribution in [2.75, 3.05) is 12.8 Å². The summed E-state index contributed by atoms with van der Waals surface area (Å²) < 4.78 is 2.28. The molecule has 0 aliphatic rings. The van der Waals surface area contributed by atoms with Crippen LogP contribution in [0.1, 0.15) is 19.4 Å². The summed E-state index contributed by atoms with van der Waals surface area (Å²) in [5, 5.41) is 5.17. The lowest BCUT2D eigenvalue weighted by atomic mass is 10.2. The quantitative estimate of drug-likeness (QED) is 0.869. The van der Waals surface area contributed by atoms with Crippen molar-refractivity contribution < 1.29 is 0 Å². The topological polar surface area (TPSA) is 29.9 Å². The molecule has 2 rings (SSSR count). The van der Waals surface area contributed by atoms with Crippen LogP contribution in [-0.2, 0) is 13.1 Å². The maximum Gasteiger partial charge on any atom is 0.140 e. The van der Waals surface area contributed by atoms with Gasteiger partial charge in [0, 0.05) is 36.6 Å². The van der Waals surface area contributed by atoms with E-state index >= 15 is 0 Å². The van der Waals surface area contributed by atoms with Crippen molar-refractivity contribution in [2.45, 2.75) is 32.2 Å². The van der Waals surface area contributed by atoms with Gasteiger partial charge in [-0.2, -0.15) is 11.8 Å². The Balaban J connectivity index is 2.21. The van der Waals surface area contributed by atoms with Crippen molar-refractivity contribution >= 4 is 22.8 Å². The van der Waals surface area contributed by atoms with Crippen molar-refractivity contribution in [1.82, 2.24) is 14.9 Å². The van der Waals surface area contributed by atoms with Gasteiger partial charge in [0.05, 0.1) is 0 Å². The van der Waals surface area contributed by atoms with Crippen LogP contribution >= 0.6 is 11.8 Å². The minimum absolute atomic E-state index is 0.691. The second-order valence-corrected chi connectivity index (χ2v) is 6.36. The fraction of sp³-hybridized carbons (Fsp3) is 0.500. The summed E-state index contributed by atoms with van der Waals surface area (Å²) in [5.74, 6) is 1.14. The van der Waals surface area contributed by atoms with E-state index in [4.69, 9.17) is 0 Å². The van der Waals surface area contributed by atoms with Gasteiger partial charge in [0.1, 0.15) is 5.65 Å². The van der Waals surface area contributed by atoms with Gasteiger partial charge < -0.3 is 9.88 Å². The molecule has 0 atom stereocenters. The van der Waals surface area contributed by atoms with Gasteiger partial charge in [0.25, 0.3) is 0 Å². The lowest BCUT2D eigenvalue weighted by Gasteiger charge is -2.06. The average molecular weight is 263 g/mol. The third kappa shape index (κ3) is 3.06. The zero-order valence-electron chi connectivity index (χ0n) is 11.3. The molecule has 0 saturated heterocycles. The van der Waals surface area contributed by atoms with Gasteiger partial charge in [-0.3, -0.25) is 0 Å². The zero-order valence-corrected chi connectivity index (χ0v) is 12.1. The van der Waals surface area contributed by atoms with E-state index in [1.807, 2.05) is 31.1 Å². The van der Waals surface area contributed by atoms with Crippen LogP contribution < -0.4 is 5.32 Å². The zero-order chi connectivity index (χ0) is 13.0. The molecule has 0 aliphatic carbocycles. The SMILES string of the molecule is CNCc1cn(CCSC(C)C)c2ncccc12. The Bertz CT molecular complexity index is 505. The smallest absolute Gasteiger partial charge is 0.140 e. The van der Waals surface area contributed by atoms with Crippen LogP contribution in [0.4, 0.5) is 0 Å². The molecule has 2 aromatic rings. The number of fused-ring (bicyclic) bond motifs is 1. The van der Waals surface area contributed by atoms with Gasteiger partial charge in [0.15, 0.2) is 0 Å². The van der Waals surface area contributed by atoms with Crippen LogP contribution in [-0.4, -0.2) is 27.6 Å². The molecule has 2 heterocycles. The van der Waals surface area contributed by atoms with Crippen molar-refractivity contribution in [1.29, 1.82) is 0 Å². The van der Waals surface area contributed by atoms with Gasteiger partial charge in [-0.15, -0.1) is 0 Å². The Morgan fingerprint density at radius 3 is 3.00 bits per heavy atom. The summed E-state index contributed by atoms with van der Waals surface area (Å²) in [7, 11) is 1.98. The van der Waals surface area contributed by atoms with Gasteiger partial charge in [0.2, 0.25) is 0 Å². The number of hydrogen-bond donors (Lipinski definition) is 1. The summed E-state index contributed by atoms with van der Waals surface area (Å²) >= 11 is 1.99. The number of rotatable bonds is 6. The molecule has 0 fully saturated rings. The normalized spacial score (nSPS) is 11.6. The molecule has 0 aromatic carbocycles. The fourth-order valence-electron chi connectivity index (χ4n) is 2.08. The fourth-order valence-corrected chi connectivity index (χ4v) is 2.86. The maximum atomic E-state index is 4.51. The van der Waals surface area contributed by atoms with E-state index in [-0.39, 0.29) is 0 Å². The molecule has 98 valence electrons. The molecule has 0 bridgehead atoms. The highest BCUT2D eigenvalue weighted by Crippen LogP contribution is 2.20. The molecule has 0 spiro atoms. The number of thioether (sulfide) groups is 1. The lowest BCUT2D eigenvalue weighted by Crippen LogP contribution is -2.05. The Labute approximate surface area is 113 Å². The largest absolute Gasteiger partial charge is 0.331 e. The summed E-state index contributed by atoms with van der Waals surface area (Å²) in [4.78, 5) is 4.51. The maximum absolute atomic E-state index is 4.51. The molecule has 0 aliphatic heterocycles. The van der Waals surface area contributed by atoms with E-state index in [2.05, 4.69) is 41.0 Å². The second kappa shape index (κ2) is 6.25. The average Bonchev–Trinajstić information content (AvgIpc) is 2.69.